The van der Waals surface area contributed by atoms with Gasteiger partial charge < -0.3 is 10.4 Å². The van der Waals surface area contributed by atoms with Gasteiger partial charge >= 0.3 is 0 Å². The Morgan fingerprint density at radius 1 is 1.22 bits per heavy atom. The van der Waals surface area contributed by atoms with E-state index in [0.717, 1.165) is 18.7 Å². The minimum absolute atomic E-state index is 0.136. The van der Waals surface area contributed by atoms with Crippen LogP contribution in [0.3, 0.4) is 0 Å². The Hall–Kier alpha value is -1.16. The molecule has 1 aliphatic carbocycles. The van der Waals surface area contributed by atoms with Crippen molar-refractivity contribution in [1.82, 2.24) is 9.97 Å². The molecule has 4 nitrogen and oxygen atoms in total. The predicted molar refractivity (Wildman–Crippen MR) is 72.7 cm³/mol. The van der Waals surface area contributed by atoms with Crippen LogP contribution in [0.4, 0.5) is 5.82 Å². The molecule has 0 aliphatic heterocycles. The van der Waals surface area contributed by atoms with Gasteiger partial charge in [0.2, 0.25) is 0 Å². The van der Waals surface area contributed by atoms with Crippen LogP contribution in [-0.4, -0.2) is 27.2 Å². The van der Waals surface area contributed by atoms with Crippen molar-refractivity contribution in [1.29, 1.82) is 0 Å². The zero-order valence-electron chi connectivity index (χ0n) is 11.4. The Morgan fingerprint density at radius 3 is 2.78 bits per heavy atom. The summed E-state index contributed by atoms with van der Waals surface area (Å²) in [5, 5.41) is 12.6. The van der Waals surface area contributed by atoms with Gasteiger partial charge in [0, 0.05) is 23.4 Å². The average Bonchev–Trinajstić information content (AvgIpc) is 2.54. The zero-order chi connectivity index (χ0) is 13.0. The summed E-state index contributed by atoms with van der Waals surface area (Å²) >= 11 is 0. The quantitative estimate of drug-likeness (QED) is 0.804. The van der Waals surface area contributed by atoms with Gasteiger partial charge in [-0.3, -0.25) is 0 Å². The van der Waals surface area contributed by atoms with E-state index in [-0.39, 0.29) is 12.1 Å². The van der Waals surface area contributed by atoms with Crippen molar-refractivity contribution in [2.75, 3.05) is 11.9 Å². The smallest absolute Gasteiger partial charge is 0.133 e. The molecule has 0 bridgehead atoms. The molecule has 0 fully saturated rings. The summed E-state index contributed by atoms with van der Waals surface area (Å²) in [5.41, 5.74) is 2.34. The lowest BCUT2D eigenvalue weighted by atomic mass is 10.00. The summed E-state index contributed by atoms with van der Waals surface area (Å²) in [7, 11) is 0. The average molecular weight is 249 g/mol. The maximum absolute atomic E-state index is 9.09. The molecule has 1 aliphatic rings. The highest BCUT2D eigenvalue weighted by Crippen LogP contribution is 2.26. The van der Waals surface area contributed by atoms with E-state index in [1.807, 2.05) is 0 Å². The van der Waals surface area contributed by atoms with Gasteiger partial charge in [0.25, 0.3) is 0 Å². The maximum atomic E-state index is 9.09. The first-order valence-corrected chi connectivity index (χ1v) is 6.84. The lowest BCUT2D eigenvalue weighted by molar-refractivity contribution is 0.260. The minimum Gasteiger partial charge on any atom is -0.396 e. The topological polar surface area (TPSA) is 58.0 Å². The fourth-order valence-electron chi connectivity index (χ4n) is 2.47. The van der Waals surface area contributed by atoms with Crippen LogP contribution in [0.25, 0.3) is 0 Å². The number of fused-ring (bicyclic) bond motifs is 1. The van der Waals surface area contributed by atoms with Crippen molar-refractivity contribution in [3.05, 3.63) is 17.6 Å². The molecule has 1 heterocycles. The number of hydrogen-bond donors (Lipinski definition) is 2. The minimum atomic E-state index is -0.136. The number of nitrogens with one attached hydrogen (secondary N) is 1. The predicted octanol–water partition coefficient (Wildman–Crippen LogP) is 2.32. The largest absolute Gasteiger partial charge is 0.396 e. The Balaban J connectivity index is 2.23. The van der Waals surface area contributed by atoms with Gasteiger partial charge in [-0.25, -0.2) is 9.97 Å². The van der Waals surface area contributed by atoms with Crippen LogP contribution in [0.2, 0.25) is 0 Å². The van der Waals surface area contributed by atoms with Crippen LogP contribution in [0.1, 0.15) is 50.8 Å². The van der Waals surface area contributed by atoms with E-state index in [2.05, 4.69) is 29.1 Å². The number of nitrogens with zero attached hydrogens (tertiary/aromatic N) is 2. The summed E-state index contributed by atoms with van der Waals surface area (Å²) < 4.78 is 0. The summed E-state index contributed by atoms with van der Waals surface area (Å²) in [6.07, 6.45) is 8.21. The van der Waals surface area contributed by atoms with E-state index < -0.39 is 0 Å². The number of aliphatic hydroxyl groups is 1. The van der Waals surface area contributed by atoms with Crippen LogP contribution in [0.5, 0.6) is 0 Å². The van der Waals surface area contributed by atoms with Crippen molar-refractivity contribution in [2.45, 2.75) is 57.9 Å². The number of hydrogen-bond acceptors (Lipinski definition) is 4. The molecule has 0 saturated carbocycles. The van der Waals surface area contributed by atoms with Crippen LogP contribution in [0.15, 0.2) is 6.33 Å². The molecule has 0 unspecified atom stereocenters. The van der Waals surface area contributed by atoms with Gasteiger partial charge in [0.1, 0.15) is 12.1 Å². The van der Waals surface area contributed by atoms with E-state index in [1.165, 1.54) is 30.5 Å². The highest BCUT2D eigenvalue weighted by atomic mass is 16.3. The number of rotatable bonds is 4. The van der Waals surface area contributed by atoms with Crippen LogP contribution < -0.4 is 5.32 Å². The van der Waals surface area contributed by atoms with Crippen LogP contribution in [0, 0.1) is 0 Å². The first kappa shape index (κ1) is 13.3. The zero-order valence-corrected chi connectivity index (χ0v) is 11.4. The van der Waals surface area contributed by atoms with Crippen LogP contribution >= 0.6 is 0 Å². The van der Waals surface area contributed by atoms with E-state index in [4.69, 9.17) is 5.11 Å². The Morgan fingerprint density at radius 2 is 2.00 bits per heavy atom. The highest BCUT2D eigenvalue weighted by Gasteiger charge is 2.21. The summed E-state index contributed by atoms with van der Waals surface area (Å²) in [4.78, 5) is 8.81. The molecular formula is C14H23N3O. The fourth-order valence-corrected chi connectivity index (χ4v) is 2.47. The second kappa shape index (κ2) is 5.65. The molecule has 0 saturated heterocycles. The molecule has 0 radical (unpaired) electrons. The Bertz CT molecular complexity index is 404. The molecule has 0 amide bonds. The Labute approximate surface area is 109 Å². The van der Waals surface area contributed by atoms with E-state index in [9.17, 15) is 0 Å². The van der Waals surface area contributed by atoms with Crippen molar-refractivity contribution >= 4 is 5.82 Å². The maximum Gasteiger partial charge on any atom is 0.133 e. The van der Waals surface area contributed by atoms with Gasteiger partial charge in [0.05, 0.1) is 0 Å². The highest BCUT2D eigenvalue weighted by molar-refractivity contribution is 5.48. The summed E-state index contributed by atoms with van der Waals surface area (Å²) in [6.45, 7) is 4.37. The number of aromatic nitrogens is 2. The molecule has 1 aromatic rings. The molecule has 0 aromatic carbocycles. The molecule has 2 N–H and O–H groups in total. The number of anilines is 1. The lowest BCUT2D eigenvalue weighted by Crippen LogP contribution is -2.33. The molecule has 0 atom stereocenters. The molecule has 18 heavy (non-hydrogen) atoms. The van der Waals surface area contributed by atoms with Crippen LogP contribution in [-0.2, 0) is 12.8 Å². The van der Waals surface area contributed by atoms with Gasteiger partial charge in [-0.1, -0.05) is 6.42 Å². The molecule has 2 rings (SSSR count). The van der Waals surface area contributed by atoms with Crippen molar-refractivity contribution in [3.8, 4) is 0 Å². The fraction of sp³-hybridized carbons (Fsp3) is 0.714. The third-order valence-electron chi connectivity index (χ3n) is 3.57. The molecule has 100 valence electrons. The molecule has 0 spiro atoms. The third kappa shape index (κ3) is 3.19. The monoisotopic (exact) mass is 249 g/mol. The molecule has 4 heteroatoms. The van der Waals surface area contributed by atoms with Crippen molar-refractivity contribution in [3.63, 3.8) is 0 Å². The van der Waals surface area contributed by atoms with E-state index >= 15 is 0 Å². The van der Waals surface area contributed by atoms with Crippen molar-refractivity contribution in [2.24, 2.45) is 0 Å². The second-order valence-electron chi connectivity index (χ2n) is 5.69. The van der Waals surface area contributed by atoms with Gasteiger partial charge in [-0.05, 0) is 46.0 Å². The normalized spacial score (nSPS) is 15.9. The van der Waals surface area contributed by atoms with E-state index in [0.29, 0.717) is 6.42 Å². The van der Waals surface area contributed by atoms with E-state index in [1.54, 1.807) is 6.33 Å². The molecule has 1 aromatic heterocycles. The SMILES string of the molecule is CC(C)(CCO)Nc1ncnc2c1CCCCC2. The molecular weight excluding hydrogens is 226 g/mol. The number of aryl methyl sites for hydroxylation is 1. The van der Waals surface area contributed by atoms with Gasteiger partial charge in [-0.15, -0.1) is 0 Å². The van der Waals surface area contributed by atoms with Crippen molar-refractivity contribution < 1.29 is 5.11 Å². The second-order valence-corrected chi connectivity index (χ2v) is 5.69. The standard InChI is InChI=1S/C14H23N3O/c1-14(2,8-9-18)17-13-11-6-4-3-5-7-12(11)15-10-16-13/h10,18H,3-9H2,1-2H3,(H,15,16,17). The third-order valence-corrected chi connectivity index (χ3v) is 3.57. The van der Waals surface area contributed by atoms with Gasteiger partial charge in [0.15, 0.2) is 0 Å². The summed E-state index contributed by atoms with van der Waals surface area (Å²) in [6, 6.07) is 0. The first-order valence-electron chi connectivity index (χ1n) is 6.84. The first-order chi connectivity index (χ1) is 8.62. The number of aliphatic hydroxyl groups excluding tert-OH is 1. The van der Waals surface area contributed by atoms with Gasteiger partial charge in [-0.2, -0.15) is 0 Å². The lowest BCUT2D eigenvalue weighted by Gasteiger charge is -2.27. The Kier molecular flexibility index (Phi) is 4.17. The summed E-state index contributed by atoms with van der Waals surface area (Å²) in [5.74, 6) is 0.959.